The number of aliphatic hydroxyl groups is 1. The van der Waals surface area contributed by atoms with Crippen molar-refractivity contribution in [3.05, 3.63) is 12.2 Å². The first-order valence-electron chi connectivity index (χ1n) is 30.2. The number of rotatable bonds is 15. The van der Waals surface area contributed by atoms with Gasteiger partial charge in [-0.15, -0.1) is 0 Å². The van der Waals surface area contributed by atoms with Crippen molar-refractivity contribution < 1.29 is 57.8 Å². The van der Waals surface area contributed by atoms with Gasteiger partial charge < -0.3 is 61.1 Å². The molecular formula is C61H109N11O12. The Bertz CT molecular complexity index is 2290. The largest absolute Gasteiger partial charge is 0.390 e. The molecule has 84 heavy (non-hydrogen) atoms. The SMILES string of the molecule is C/C=C/C[C@@H](C)[C@@H](O)[C@H]1C(=O)N[C@@H](CC)C(=O)N(C)CC(=O)N[C@@H](CC(C)C)C(=O)N[C@@H](C(C)C)C(=O)N(C)[C@@H](CC(C)C)C(=O)N[C@@H](C)C(=O)N[C@H](C)C(=O)N(C)[C@@H](CC(C)C)C(=O)N(C)[C@@H](CC(C)C)C(=O)N(C)[C@H](C(C)C)C(=O)N1C. The first-order chi connectivity index (χ1) is 38.8. The van der Waals surface area contributed by atoms with Crippen LogP contribution in [0.25, 0.3) is 0 Å². The highest BCUT2D eigenvalue weighted by atomic mass is 16.3. The predicted molar refractivity (Wildman–Crippen MR) is 324 cm³/mol. The second kappa shape index (κ2) is 34.7. The smallest absolute Gasteiger partial charge is 0.246 e. The molecule has 23 nitrogen and oxygen atoms in total. The summed E-state index contributed by atoms with van der Waals surface area (Å²) < 4.78 is 0. The summed E-state index contributed by atoms with van der Waals surface area (Å²) >= 11 is 0. The number of aliphatic hydroxyl groups excluding tert-OH is 1. The molecule has 0 aliphatic carbocycles. The number of carbonyl (C=O) groups excluding carboxylic acids is 11. The molecule has 0 bridgehead atoms. The van der Waals surface area contributed by atoms with Crippen molar-refractivity contribution in [2.24, 2.45) is 41.4 Å². The number of carbonyl (C=O) groups is 11. The lowest BCUT2D eigenvalue weighted by molar-refractivity contribution is -0.157. The van der Waals surface area contributed by atoms with Crippen LogP contribution in [0, 0.1) is 41.4 Å². The quantitative estimate of drug-likeness (QED) is 0.129. The van der Waals surface area contributed by atoms with Crippen molar-refractivity contribution in [3.8, 4) is 0 Å². The third kappa shape index (κ3) is 21.7. The van der Waals surface area contributed by atoms with Crippen molar-refractivity contribution in [1.82, 2.24) is 56.0 Å². The molecule has 23 heteroatoms. The van der Waals surface area contributed by atoms with Crippen LogP contribution in [0.4, 0.5) is 0 Å². The maximum absolute atomic E-state index is 15.1. The first-order valence-corrected chi connectivity index (χ1v) is 30.2. The zero-order valence-corrected chi connectivity index (χ0v) is 55.1. The molecule has 1 heterocycles. The summed E-state index contributed by atoms with van der Waals surface area (Å²) in [4.78, 5) is 166. The Balaban J connectivity index is 4.27. The van der Waals surface area contributed by atoms with Gasteiger partial charge in [-0.1, -0.05) is 109 Å². The molecule has 0 radical (unpaired) electrons. The van der Waals surface area contributed by atoms with Crippen LogP contribution in [0.5, 0.6) is 0 Å². The third-order valence-corrected chi connectivity index (χ3v) is 15.6. The molecule has 0 aromatic carbocycles. The lowest BCUT2D eigenvalue weighted by Gasteiger charge is -2.41. The summed E-state index contributed by atoms with van der Waals surface area (Å²) in [6.45, 7) is 29.2. The zero-order chi connectivity index (χ0) is 65.1. The van der Waals surface area contributed by atoms with Crippen molar-refractivity contribution in [1.29, 1.82) is 0 Å². The van der Waals surface area contributed by atoms with Gasteiger partial charge in [-0.2, -0.15) is 0 Å². The average molecular weight is 1190 g/mol. The summed E-state index contributed by atoms with van der Waals surface area (Å²) in [7, 11) is 8.46. The van der Waals surface area contributed by atoms with E-state index < -0.39 is 156 Å². The van der Waals surface area contributed by atoms with Gasteiger partial charge in [0.1, 0.15) is 60.4 Å². The molecule has 0 spiro atoms. The highest BCUT2D eigenvalue weighted by Gasteiger charge is 2.45. The van der Waals surface area contributed by atoms with E-state index in [2.05, 4.69) is 26.6 Å². The first kappa shape index (κ1) is 75.9. The second-order valence-electron chi connectivity index (χ2n) is 25.7. The summed E-state index contributed by atoms with van der Waals surface area (Å²) in [5, 5.41) is 25.7. The number of hydrogen-bond acceptors (Lipinski definition) is 12. The normalized spacial score (nSPS) is 27.0. The highest BCUT2D eigenvalue weighted by molar-refractivity contribution is 5.99. The molecule has 6 N–H and O–H groups in total. The maximum atomic E-state index is 15.1. The minimum absolute atomic E-state index is 0.0205. The lowest BCUT2D eigenvalue weighted by atomic mass is 9.91. The van der Waals surface area contributed by atoms with Crippen LogP contribution in [0.15, 0.2) is 12.2 Å². The van der Waals surface area contributed by atoms with Crippen LogP contribution < -0.4 is 26.6 Å². The molecule has 1 aliphatic heterocycles. The number of nitrogens with one attached hydrogen (secondary N) is 5. The molecule has 480 valence electrons. The van der Waals surface area contributed by atoms with Gasteiger partial charge in [0.25, 0.3) is 0 Å². The fourth-order valence-corrected chi connectivity index (χ4v) is 10.5. The van der Waals surface area contributed by atoms with Crippen molar-refractivity contribution in [2.45, 2.75) is 223 Å². The predicted octanol–water partition coefficient (Wildman–Crippen LogP) is 2.93. The molecule has 0 aromatic rings. The average Bonchev–Trinajstić information content (AvgIpc) is 3.34. The Labute approximate surface area is 502 Å². The minimum atomic E-state index is -1.61. The van der Waals surface area contributed by atoms with Gasteiger partial charge in [-0.25, -0.2) is 0 Å². The monoisotopic (exact) mass is 1190 g/mol. The van der Waals surface area contributed by atoms with Crippen LogP contribution in [-0.4, -0.2) is 215 Å². The van der Waals surface area contributed by atoms with Gasteiger partial charge in [0.2, 0.25) is 65.0 Å². The molecule has 1 aliphatic rings. The number of allylic oxidation sites excluding steroid dienone is 2. The van der Waals surface area contributed by atoms with E-state index in [4.69, 9.17) is 0 Å². The van der Waals surface area contributed by atoms with E-state index in [0.29, 0.717) is 6.42 Å². The van der Waals surface area contributed by atoms with Gasteiger partial charge >= 0.3 is 0 Å². The maximum Gasteiger partial charge on any atom is 0.246 e. The van der Waals surface area contributed by atoms with Crippen LogP contribution in [0.3, 0.4) is 0 Å². The third-order valence-electron chi connectivity index (χ3n) is 15.6. The summed E-state index contributed by atoms with van der Waals surface area (Å²) in [5.74, 6) is -9.86. The second-order valence-corrected chi connectivity index (χ2v) is 25.7. The van der Waals surface area contributed by atoms with E-state index in [1.165, 1.54) is 75.7 Å². The standard InChI is InChI=1S/C61H109N11O12/c1-24-26-27-39(15)51(74)50-55(78)65-42(25-2)57(80)67(18)32-47(73)64-43(28-33(3)4)53(76)66-48(37(11)12)60(83)68(19)44(29-34(5)6)54(77)62-40(16)52(75)63-41(17)56(79)69(20)45(30-35(7)8)58(81)70(21)46(31-36(9)10)59(82)71(22)49(38(13)14)61(84)72(50)23/h24,26,33-46,48-51,74H,25,27-32H2,1-23H3,(H,62,77)(H,63,75)(H,64,73)(H,65,78)(H,66,76)/b26-24+/t39-,40+,41-,42+,43+,44+,45+,46+,48+,49-,50+,51-/m1/s1. The Hall–Kier alpha value is -6.13. The summed E-state index contributed by atoms with van der Waals surface area (Å²) in [5.41, 5.74) is 0. The number of nitrogens with zero attached hydrogens (tertiary/aromatic N) is 6. The molecular weight excluding hydrogens is 1080 g/mol. The van der Waals surface area contributed by atoms with E-state index in [1.54, 1.807) is 60.6 Å². The molecule has 0 unspecified atom stereocenters. The van der Waals surface area contributed by atoms with Gasteiger partial charge in [0.05, 0.1) is 12.6 Å². The van der Waals surface area contributed by atoms with Crippen LogP contribution in [0.1, 0.15) is 156 Å². The highest BCUT2D eigenvalue weighted by Crippen LogP contribution is 2.25. The van der Waals surface area contributed by atoms with E-state index in [9.17, 15) is 48.3 Å². The number of amides is 11. The van der Waals surface area contributed by atoms with Gasteiger partial charge in [0.15, 0.2) is 0 Å². The summed E-state index contributed by atoms with van der Waals surface area (Å²) in [6, 6.07) is -12.4. The fourth-order valence-electron chi connectivity index (χ4n) is 10.5. The molecule has 1 rings (SSSR count). The van der Waals surface area contributed by atoms with Crippen molar-refractivity contribution >= 4 is 65.0 Å². The zero-order valence-electron chi connectivity index (χ0n) is 55.1. The Kier molecular flexibility index (Phi) is 31.4. The van der Waals surface area contributed by atoms with Gasteiger partial charge in [0, 0.05) is 42.3 Å². The molecule has 0 aromatic heterocycles. The van der Waals surface area contributed by atoms with Crippen LogP contribution >= 0.6 is 0 Å². The van der Waals surface area contributed by atoms with E-state index in [0.717, 1.165) is 9.80 Å². The van der Waals surface area contributed by atoms with E-state index in [1.807, 2.05) is 55.4 Å². The molecule has 12 atom stereocenters. The van der Waals surface area contributed by atoms with E-state index in [-0.39, 0.29) is 55.8 Å². The Morgan fingerprint density at radius 2 is 0.917 bits per heavy atom. The summed E-state index contributed by atoms with van der Waals surface area (Å²) in [6.07, 6.45) is 3.01. The lowest BCUT2D eigenvalue weighted by Crippen LogP contribution is -2.63. The van der Waals surface area contributed by atoms with Crippen molar-refractivity contribution in [2.75, 3.05) is 48.8 Å². The fraction of sp³-hybridized carbons (Fsp3) is 0.787. The van der Waals surface area contributed by atoms with E-state index >= 15 is 9.59 Å². The molecule has 0 saturated carbocycles. The topological polar surface area (TPSA) is 288 Å². The van der Waals surface area contributed by atoms with Crippen LogP contribution in [-0.2, 0) is 52.7 Å². The van der Waals surface area contributed by atoms with Gasteiger partial charge in [-0.05, 0) is 101 Å². The molecule has 11 amide bonds. The minimum Gasteiger partial charge on any atom is -0.390 e. The van der Waals surface area contributed by atoms with Crippen molar-refractivity contribution in [3.63, 3.8) is 0 Å². The Morgan fingerprint density at radius 1 is 0.464 bits per heavy atom. The number of likely N-dealkylation sites (N-methyl/N-ethyl adjacent to an activating group) is 6. The number of hydrogen-bond donors (Lipinski definition) is 6. The van der Waals surface area contributed by atoms with Crippen LogP contribution in [0.2, 0.25) is 0 Å². The van der Waals surface area contributed by atoms with Gasteiger partial charge in [-0.3, -0.25) is 52.7 Å². The molecule has 1 saturated heterocycles. The Morgan fingerprint density at radius 3 is 1.38 bits per heavy atom. The molecule has 1 fully saturated rings.